The highest BCUT2D eigenvalue weighted by Crippen LogP contribution is 2.35. The number of aromatic nitrogens is 1. The van der Waals surface area contributed by atoms with Gasteiger partial charge in [0.1, 0.15) is 0 Å². The van der Waals surface area contributed by atoms with Gasteiger partial charge in [-0.3, -0.25) is 0 Å². The van der Waals surface area contributed by atoms with E-state index in [0.29, 0.717) is 39.0 Å². The molecule has 2 fully saturated rings. The number of amides is 2. The van der Waals surface area contributed by atoms with Crippen molar-refractivity contribution in [1.82, 2.24) is 19.1 Å². The molecule has 1 aromatic heterocycles. The molecule has 202 valence electrons. The number of hydrogen-bond donors (Lipinski definition) is 1. The number of carbonyl (C=O) groups excluding carboxylic acids is 1. The third kappa shape index (κ3) is 4.94. The third-order valence-electron chi connectivity index (χ3n) is 7.90. The fourth-order valence-electron chi connectivity index (χ4n) is 5.90. The molecule has 3 aromatic carbocycles. The number of nitrogens with zero attached hydrogens (tertiary/aromatic N) is 3. The van der Waals surface area contributed by atoms with Gasteiger partial charge in [0, 0.05) is 37.3 Å². The standard InChI is InChI=1S/C31H34N4O3S/c36-31(33-20-18-32-19-21-33)35(27-14-8-3-9-15-27)39(37,38)28-17-16-25-22-29(24-10-4-1-5-11-24)34(30(25)23-28)26-12-6-2-7-13-26/h1-2,4-7,10-13,16-17,22-23,27,32H,3,8-9,14-15,18-21H2. The first-order chi connectivity index (χ1) is 19.0. The molecule has 1 N–H and O–H groups in total. The molecule has 1 aliphatic carbocycles. The Kier molecular flexibility index (Phi) is 7.14. The number of carbonyl (C=O) groups is 1. The number of para-hydroxylation sites is 1. The van der Waals surface area contributed by atoms with Gasteiger partial charge in [0.15, 0.2) is 0 Å². The van der Waals surface area contributed by atoms with Crippen molar-refractivity contribution < 1.29 is 13.2 Å². The molecule has 4 aromatic rings. The minimum absolute atomic E-state index is 0.152. The van der Waals surface area contributed by atoms with Crippen LogP contribution in [0.5, 0.6) is 0 Å². The van der Waals surface area contributed by atoms with Crippen molar-refractivity contribution in [3.05, 3.63) is 84.9 Å². The molecule has 0 unspecified atom stereocenters. The second-order valence-electron chi connectivity index (χ2n) is 10.4. The Balaban J connectivity index is 1.49. The summed E-state index contributed by atoms with van der Waals surface area (Å²) >= 11 is 0. The number of nitrogens with one attached hydrogen (secondary N) is 1. The predicted molar refractivity (Wildman–Crippen MR) is 154 cm³/mol. The van der Waals surface area contributed by atoms with E-state index in [1.165, 1.54) is 4.31 Å². The van der Waals surface area contributed by atoms with Crippen molar-refractivity contribution in [1.29, 1.82) is 0 Å². The highest BCUT2D eigenvalue weighted by atomic mass is 32.2. The zero-order valence-electron chi connectivity index (χ0n) is 22.0. The molecule has 1 aliphatic heterocycles. The van der Waals surface area contributed by atoms with Crippen molar-refractivity contribution in [3.63, 3.8) is 0 Å². The highest BCUT2D eigenvalue weighted by Gasteiger charge is 2.39. The van der Waals surface area contributed by atoms with Crippen molar-refractivity contribution in [2.24, 2.45) is 0 Å². The van der Waals surface area contributed by atoms with Gasteiger partial charge in [-0.2, -0.15) is 0 Å². The van der Waals surface area contributed by atoms with E-state index >= 15 is 0 Å². The number of piperazine rings is 1. The van der Waals surface area contributed by atoms with E-state index in [4.69, 9.17) is 0 Å². The zero-order valence-corrected chi connectivity index (χ0v) is 22.8. The fraction of sp³-hybridized carbons (Fsp3) is 0.323. The van der Waals surface area contributed by atoms with E-state index in [1.54, 1.807) is 17.0 Å². The zero-order chi connectivity index (χ0) is 26.8. The largest absolute Gasteiger partial charge is 0.334 e. The van der Waals surface area contributed by atoms with Crippen LogP contribution in [0.4, 0.5) is 4.79 Å². The van der Waals surface area contributed by atoms with Gasteiger partial charge in [0.25, 0.3) is 10.0 Å². The number of benzene rings is 3. The summed E-state index contributed by atoms with van der Waals surface area (Å²) in [6.07, 6.45) is 4.35. The van der Waals surface area contributed by atoms with E-state index in [0.717, 1.165) is 47.1 Å². The number of sulfonamides is 1. The summed E-state index contributed by atoms with van der Waals surface area (Å²) in [4.78, 5) is 15.6. The van der Waals surface area contributed by atoms with E-state index in [2.05, 4.69) is 28.1 Å². The maximum Gasteiger partial charge on any atom is 0.334 e. The molecule has 0 radical (unpaired) electrons. The molecule has 8 heteroatoms. The Labute approximate surface area is 230 Å². The lowest BCUT2D eigenvalue weighted by molar-refractivity contribution is 0.152. The summed E-state index contributed by atoms with van der Waals surface area (Å²) in [5.74, 6) is 0. The minimum atomic E-state index is -4.09. The number of urea groups is 1. The molecule has 1 saturated carbocycles. The maximum atomic E-state index is 14.3. The molecule has 0 atom stereocenters. The average molecular weight is 543 g/mol. The van der Waals surface area contributed by atoms with E-state index in [-0.39, 0.29) is 10.9 Å². The summed E-state index contributed by atoms with van der Waals surface area (Å²) in [5.41, 5.74) is 3.76. The SMILES string of the molecule is O=C(N1CCNCC1)N(C1CCCCC1)S(=O)(=O)c1ccc2cc(-c3ccccc3)n(-c3ccccc3)c2c1. The van der Waals surface area contributed by atoms with Crippen molar-refractivity contribution >= 4 is 27.0 Å². The lowest BCUT2D eigenvalue weighted by atomic mass is 9.95. The van der Waals surface area contributed by atoms with Gasteiger partial charge in [0.05, 0.1) is 22.1 Å². The van der Waals surface area contributed by atoms with Crippen LogP contribution in [0.25, 0.3) is 27.8 Å². The molecule has 2 heterocycles. The summed E-state index contributed by atoms with van der Waals surface area (Å²) < 4.78 is 32.0. The Hall–Kier alpha value is -3.62. The second-order valence-corrected chi connectivity index (χ2v) is 12.2. The molecular formula is C31H34N4O3S. The highest BCUT2D eigenvalue weighted by molar-refractivity contribution is 7.89. The number of hydrogen-bond acceptors (Lipinski definition) is 4. The Bertz CT molecular complexity index is 1560. The van der Waals surface area contributed by atoms with Crippen LogP contribution in [0.15, 0.2) is 89.8 Å². The lowest BCUT2D eigenvalue weighted by Gasteiger charge is -2.38. The van der Waals surface area contributed by atoms with Crippen LogP contribution >= 0.6 is 0 Å². The molecular weight excluding hydrogens is 508 g/mol. The maximum absolute atomic E-state index is 14.3. The average Bonchev–Trinajstić information content (AvgIpc) is 3.38. The smallest absolute Gasteiger partial charge is 0.321 e. The van der Waals surface area contributed by atoms with Gasteiger partial charge in [-0.1, -0.05) is 73.9 Å². The molecule has 39 heavy (non-hydrogen) atoms. The summed E-state index contributed by atoms with van der Waals surface area (Å²) in [7, 11) is -4.09. The fourth-order valence-corrected chi connectivity index (χ4v) is 7.55. The number of rotatable bonds is 5. The molecule has 2 aliphatic rings. The third-order valence-corrected chi connectivity index (χ3v) is 9.72. The normalized spacial score (nSPS) is 16.9. The Morgan fingerprint density at radius 2 is 1.49 bits per heavy atom. The van der Waals surface area contributed by atoms with Crippen LogP contribution in [0.1, 0.15) is 32.1 Å². The molecule has 7 nitrogen and oxygen atoms in total. The first kappa shape index (κ1) is 25.6. The first-order valence-electron chi connectivity index (χ1n) is 13.8. The quantitative estimate of drug-likeness (QED) is 0.354. The monoisotopic (exact) mass is 542 g/mol. The van der Waals surface area contributed by atoms with Crippen LogP contribution < -0.4 is 5.32 Å². The first-order valence-corrected chi connectivity index (χ1v) is 15.3. The molecule has 2 amide bonds. The molecule has 0 spiro atoms. The predicted octanol–water partition coefficient (Wildman–Crippen LogP) is 5.65. The molecule has 1 saturated heterocycles. The summed E-state index contributed by atoms with van der Waals surface area (Å²) in [6.45, 7) is 2.36. The summed E-state index contributed by atoms with van der Waals surface area (Å²) in [6, 6.07) is 26.7. The molecule has 0 bridgehead atoms. The van der Waals surface area contributed by atoms with Crippen LogP contribution in [0.2, 0.25) is 0 Å². The molecule has 6 rings (SSSR count). The second kappa shape index (κ2) is 10.9. The topological polar surface area (TPSA) is 74.7 Å². The Morgan fingerprint density at radius 3 is 2.18 bits per heavy atom. The van der Waals surface area contributed by atoms with E-state index < -0.39 is 16.1 Å². The van der Waals surface area contributed by atoms with E-state index in [9.17, 15) is 13.2 Å². The van der Waals surface area contributed by atoms with Crippen LogP contribution in [-0.4, -0.2) is 60.4 Å². The van der Waals surface area contributed by atoms with Gasteiger partial charge < -0.3 is 14.8 Å². The number of fused-ring (bicyclic) bond motifs is 1. The van der Waals surface area contributed by atoms with Crippen molar-refractivity contribution in [2.45, 2.75) is 43.0 Å². The summed E-state index contributed by atoms with van der Waals surface area (Å²) in [5, 5.41) is 4.19. The van der Waals surface area contributed by atoms with Crippen molar-refractivity contribution in [3.8, 4) is 16.9 Å². The van der Waals surface area contributed by atoms with Gasteiger partial charge in [0.2, 0.25) is 0 Å². The minimum Gasteiger partial charge on any atom is -0.321 e. The van der Waals surface area contributed by atoms with E-state index in [1.807, 2.05) is 54.6 Å². The van der Waals surface area contributed by atoms with Gasteiger partial charge >= 0.3 is 6.03 Å². The van der Waals surface area contributed by atoms with Crippen LogP contribution in [0.3, 0.4) is 0 Å². The van der Waals surface area contributed by atoms with Gasteiger partial charge in [-0.25, -0.2) is 17.5 Å². The lowest BCUT2D eigenvalue weighted by Crippen LogP contribution is -2.55. The van der Waals surface area contributed by atoms with Gasteiger partial charge in [-0.15, -0.1) is 0 Å². The van der Waals surface area contributed by atoms with Crippen LogP contribution in [0, 0.1) is 0 Å². The van der Waals surface area contributed by atoms with Crippen molar-refractivity contribution in [2.75, 3.05) is 26.2 Å². The van der Waals surface area contributed by atoms with Crippen LogP contribution in [-0.2, 0) is 10.0 Å². The Morgan fingerprint density at radius 1 is 0.821 bits per heavy atom. The van der Waals surface area contributed by atoms with Gasteiger partial charge in [-0.05, 0) is 48.7 Å².